The minimum atomic E-state index is -0.399. The number of ether oxygens (including phenoxy) is 2. The number of nitrogens with zero attached hydrogens (tertiary/aromatic N) is 5. The lowest BCUT2D eigenvalue weighted by Gasteiger charge is -2.21. The Labute approximate surface area is 187 Å². The molecule has 0 atom stereocenters. The van der Waals surface area contributed by atoms with Crippen LogP contribution in [-0.4, -0.2) is 60.4 Å². The summed E-state index contributed by atoms with van der Waals surface area (Å²) in [6, 6.07) is 9.95. The van der Waals surface area contributed by atoms with E-state index in [9.17, 15) is 4.79 Å². The van der Waals surface area contributed by atoms with Crippen molar-refractivity contribution in [3.05, 3.63) is 30.3 Å². The molecule has 2 fully saturated rings. The van der Waals surface area contributed by atoms with Crippen LogP contribution in [-0.2, 0) is 16.6 Å². The summed E-state index contributed by atoms with van der Waals surface area (Å²) in [6.45, 7) is 4.03. The van der Waals surface area contributed by atoms with Crippen LogP contribution < -0.4 is 14.5 Å². The number of esters is 1. The maximum Gasteiger partial charge on any atom is 0.343 e. The van der Waals surface area contributed by atoms with Gasteiger partial charge < -0.3 is 23.8 Å². The number of aryl methyl sites for hydroxylation is 1. The molecule has 8 heteroatoms. The van der Waals surface area contributed by atoms with E-state index in [0.717, 1.165) is 60.2 Å². The van der Waals surface area contributed by atoms with Crippen molar-refractivity contribution in [1.29, 1.82) is 0 Å². The quantitative estimate of drug-likeness (QED) is 0.550. The van der Waals surface area contributed by atoms with Crippen LogP contribution in [0.1, 0.15) is 25.7 Å². The third-order valence-corrected chi connectivity index (χ3v) is 6.38. The van der Waals surface area contributed by atoms with Crippen molar-refractivity contribution >= 4 is 28.8 Å². The van der Waals surface area contributed by atoms with Gasteiger partial charge in [0.1, 0.15) is 17.2 Å². The topological polar surface area (TPSA) is 72.7 Å². The Kier molecular flexibility index (Phi) is 5.59. The number of methoxy groups -OCH3 is 1. The van der Waals surface area contributed by atoms with E-state index in [2.05, 4.69) is 32.2 Å². The van der Waals surface area contributed by atoms with Crippen LogP contribution in [0.3, 0.4) is 0 Å². The van der Waals surface area contributed by atoms with Crippen molar-refractivity contribution in [2.24, 2.45) is 7.05 Å². The second-order valence-corrected chi connectivity index (χ2v) is 8.45. The number of hydrogen-bond donors (Lipinski definition) is 0. The molecule has 0 N–H and O–H groups in total. The highest BCUT2D eigenvalue weighted by molar-refractivity contribution is 5.94. The lowest BCUT2D eigenvalue weighted by Crippen LogP contribution is -2.24. The summed E-state index contributed by atoms with van der Waals surface area (Å²) in [6.07, 6.45) is 4.81. The molecule has 3 aromatic rings. The molecule has 2 aromatic heterocycles. The van der Waals surface area contributed by atoms with Crippen LogP contribution >= 0.6 is 0 Å². The van der Waals surface area contributed by atoms with E-state index in [-0.39, 0.29) is 6.61 Å². The Balaban J connectivity index is 1.52. The molecule has 4 heterocycles. The summed E-state index contributed by atoms with van der Waals surface area (Å²) < 4.78 is 12.3. The molecule has 2 saturated heterocycles. The van der Waals surface area contributed by atoms with Gasteiger partial charge in [0.05, 0.1) is 18.2 Å². The maximum atomic E-state index is 11.3. The first-order chi connectivity index (χ1) is 15.6. The van der Waals surface area contributed by atoms with E-state index >= 15 is 0 Å². The van der Waals surface area contributed by atoms with Gasteiger partial charge in [-0.15, -0.1) is 0 Å². The Morgan fingerprint density at radius 3 is 2.28 bits per heavy atom. The molecule has 0 unspecified atom stereocenters. The second kappa shape index (κ2) is 8.68. The van der Waals surface area contributed by atoms with Gasteiger partial charge in [0.15, 0.2) is 6.61 Å². The van der Waals surface area contributed by atoms with Crippen molar-refractivity contribution in [3.8, 4) is 17.0 Å². The normalized spacial score (nSPS) is 16.2. The number of benzene rings is 1. The van der Waals surface area contributed by atoms with Crippen LogP contribution in [0.15, 0.2) is 30.3 Å². The first kappa shape index (κ1) is 20.6. The lowest BCUT2D eigenvalue weighted by atomic mass is 10.1. The molecule has 0 radical (unpaired) electrons. The molecule has 168 valence electrons. The monoisotopic (exact) mass is 435 g/mol. The van der Waals surface area contributed by atoms with Crippen LogP contribution in [0, 0.1) is 0 Å². The predicted octanol–water partition coefficient (Wildman–Crippen LogP) is 3.39. The van der Waals surface area contributed by atoms with E-state index in [1.807, 2.05) is 24.3 Å². The van der Waals surface area contributed by atoms with Crippen molar-refractivity contribution in [3.63, 3.8) is 0 Å². The standard InChI is InChI=1S/C24H29N5O3/c1-27-20(17-7-9-18(10-8-17)32-16-21(30)31-2)15-19-22(27)25-24(29-13-5-6-14-29)26-23(19)28-11-3-4-12-28/h7-10,15H,3-6,11-14,16H2,1-2H3. The summed E-state index contributed by atoms with van der Waals surface area (Å²) in [7, 11) is 3.41. The number of rotatable bonds is 6. The molecular weight excluding hydrogens is 406 g/mol. The van der Waals surface area contributed by atoms with E-state index < -0.39 is 5.97 Å². The van der Waals surface area contributed by atoms with E-state index in [0.29, 0.717) is 5.75 Å². The third kappa shape index (κ3) is 3.85. The Morgan fingerprint density at radius 1 is 0.969 bits per heavy atom. The molecule has 0 aliphatic carbocycles. The smallest absolute Gasteiger partial charge is 0.343 e. The first-order valence-corrected chi connectivity index (χ1v) is 11.3. The van der Waals surface area contributed by atoms with Crippen LogP contribution in [0.25, 0.3) is 22.3 Å². The number of anilines is 2. The number of aromatic nitrogens is 3. The van der Waals surface area contributed by atoms with Gasteiger partial charge >= 0.3 is 5.97 Å². The fourth-order valence-corrected chi connectivity index (χ4v) is 4.60. The zero-order chi connectivity index (χ0) is 22.1. The van der Waals surface area contributed by atoms with Gasteiger partial charge in [0.25, 0.3) is 0 Å². The molecule has 5 rings (SSSR count). The SMILES string of the molecule is COC(=O)COc1ccc(-c2cc3c(N4CCCC4)nc(N4CCCC4)nc3n2C)cc1. The average Bonchev–Trinajstić information content (AvgIpc) is 3.59. The van der Waals surface area contributed by atoms with Gasteiger partial charge in [0, 0.05) is 33.2 Å². The van der Waals surface area contributed by atoms with Crippen molar-refractivity contribution in [2.45, 2.75) is 25.7 Å². The van der Waals surface area contributed by atoms with Crippen molar-refractivity contribution < 1.29 is 14.3 Å². The van der Waals surface area contributed by atoms with Gasteiger partial charge in [-0.3, -0.25) is 0 Å². The zero-order valence-electron chi connectivity index (χ0n) is 18.7. The summed E-state index contributed by atoms with van der Waals surface area (Å²) in [5.41, 5.74) is 3.10. The first-order valence-electron chi connectivity index (χ1n) is 11.3. The molecule has 0 spiro atoms. The molecule has 2 aliphatic heterocycles. The van der Waals surface area contributed by atoms with Gasteiger partial charge in [-0.25, -0.2) is 4.79 Å². The molecule has 2 aliphatic rings. The van der Waals surface area contributed by atoms with Gasteiger partial charge in [-0.2, -0.15) is 9.97 Å². The maximum absolute atomic E-state index is 11.3. The number of carbonyl (C=O) groups excluding carboxylic acids is 1. The second-order valence-electron chi connectivity index (χ2n) is 8.45. The number of hydrogen-bond acceptors (Lipinski definition) is 7. The van der Waals surface area contributed by atoms with Crippen LogP contribution in [0.2, 0.25) is 0 Å². The summed E-state index contributed by atoms with van der Waals surface area (Å²) >= 11 is 0. The molecule has 1 aromatic carbocycles. The Bertz CT molecular complexity index is 1110. The molecular formula is C24H29N5O3. The molecule has 32 heavy (non-hydrogen) atoms. The zero-order valence-corrected chi connectivity index (χ0v) is 18.7. The van der Waals surface area contributed by atoms with E-state index in [4.69, 9.17) is 14.7 Å². The predicted molar refractivity (Wildman–Crippen MR) is 124 cm³/mol. The molecule has 0 bridgehead atoms. The molecule has 0 amide bonds. The van der Waals surface area contributed by atoms with E-state index in [1.54, 1.807) is 0 Å². The van der Waals surface area contributed by atoms with E-state index in [1.165, 1.54) is 32.8 Å². The third-order valence-electron chi connectivity index (χ3n) is 6.38. The number of fused-ring (bicyclic) bond motifs is 1. The largest absolute Gasteiger partial charge is 0.482 e. The van der Waals surface area contributed by atoms with Gasteiger partial charge in [0.2, 0.25) is 5.95 Å². The minimum absolute atomic E-state index is 0.0993. The fraction of sp³-hybridized carbons (Fsp3) is 0.458. The Hall–Kier alpha value is -3.29. The lowest BCUT2D eigenvalue weighted by molar-refractivity contribution is -0.142. The van der Waals surface area contributed by atoms with Gasteiger partial charge in [-0.1, -0.05) is 0 Å². The Morgan fingerprint density at radius 2 is 1.62 bits per heavy atom. The van der Waals surface area contributed by atoms with Crippen LogP contribution in [0.4, 0.5) is 11.8 Å². The molecule has 0 saturated carbocycles. The molecule has 8 nitrogen and oxygen atoms in total. The highest BCUT2D eigenvalue weighted by Crippen LogP contribution is 2.35. The average molecular weight is 436 g/mol. The van der Waals surface area contributed by atoms with Crippen molar-refractivity contribution in [1.82, 2.24) is 14.5 Å². The highest BCUT2D eigenvalue weighted by Gasteiger charge is 2.24. The summed E-state index contributed by atoms with van der Waals surface area (Å²) in [4.78, 5) is 26.0. The van der Waals surface area contributed by atoms with Crippen molar-refractivity contribution in [2.75, 3.05) is 49.7 Å². The van der Waals surface area contributed by atoms with Crippen LogP contribution in [0.5, 0.6) is 5.75 Å². The fourth-order valence-electron chi connectivity index (χ4n) is 4.60. The minimum Gasteiger partial charge on any atom is -0.482 e. The number of carbonyl (C=O) groups is 1. The highest BCUT2D eigenvalue weighted by atomic mass is 16.6. The summed E-state index contributed by atoms with van der Waals surface area (Å²) in [5.74, 6) is 2.13. The van der Waals surface area contributed by atoms with Gasteiger partial charge in [-0.05, 0) is 61.6 Å². The summed E-state index contributed by atoms with van der Waals surface area (Å²) in [5, 5.41) is 1.10.